The second-order valence-corrected chi connectivity index (χ2v) is 6.70. The summed E-state index contributed by atoms with van der Waals surface area (Å²) in [6.07, 6.45) is 3.91. The molecule has 0 saturated carbocycles. The van der Waals surface area contributed by atoms with Crippen LogP contribution in [0.1, 0.15) is 11.1 Å². The van der Waals surface area contributed by atoms with Crippen LogP contribution in [0.3, 0.4) is 0 Å². The summed E-state index contributed by atoms with van der Waals surface area (Å²) in [5.74, 6) is -9.85. The molecule has 1 aromatic heterocycles. The van der Waals surface area contributed by atoms with E-state index in [1.165, 1.54) is 18.2 Å². The Morgan fingerprint density at radius 1 is 0.586 bits per heavy atom. The van der Waals surface area contributed by atoms with E-state index in [0.717, 1.165) is 22.0 Å². The zero-order valence-electron chi connectivity index (χ0n) is 14.6. The third-order valence-corrected chi connectivity index (χ3v) is 5.00. The Labute approximate surface area is 161 Å². The fourth-order valence-electron chi connectivity index (χ4n) is 3.64. The van der Waals surface area contributed by atoms with Crippen LogP contribution in [0, 0.1) is 29.1 Å². The minimum Gasteiger partial charge on any atom is -0.248 e. The number of rotatable bonds is 2. The molecule has 0 aliphatic heterocycles. The lowest BCUT2D eigenvalue weighted by Crippen LogP contribution is -2.04. The first-order chi connectivity index (χ1) is 14.0. The smallest absolute Gasteiger partial charge is 0.200 e. The molecule has 4 aromatic rings. The Bertz CT molecular complexity index is 1330. The molecule has 0 bridgehead atoms. The van der Waals surface area contributed by atoms with E-state index in [9.17, 15) is 22.0 Å². The summed E-state index contributed by atoms with van der Waals surface area (Å²) >= 11 is 0. The van der Waals surface area contributed by atoms with Crippen LogP contribution in [0.5, 0.6) is 0 Å². The van der Waals surface area contributed by atoms with Crippen molar-refractivity contribution >= 4 is 23.1 Å². The third-order valence-electron chi connectivity index (χ3n) is 5.00. The molecular formula is C23H10F5N. The maximum atomic E-state index is 14.2. The van der Waals surface area contributed by atoms with E-state index in [-0.39, 0.29) is 5.56 Å². The number of hydrogen-bond acceptors (Lipinski definition) is 1. The number of pyridine rings is 1. The monoisotopic (exact) mass is 395 g/mol. The lowest BCUT2D eigenvalue weighted by Gasteiger charge is -2.11. The Morgan fingerprint density at radius 2 is 1.21 bits per heavy atom. The van der Waals surface area contributed by atoms with Gasteiger partial charge < -0.3 is 0 Å². The summed E-state index contributed by atoms with van der Waals surface area (Å²) in [6, 6.07) is 13.3. The molecule has 0 spiro atoms. The van der Waals surface area contributed by atoms with Crippen molar-refractivity contribution in [2.45, 2.75) is 0 Å². The Morgan fingerprint density at radius 3 is 1.97 bits per heavy atom. The van der Waals surface area contributed by atoms with E-state index in [1.54, 1.807) is 6.07 Å². The molecule has 1 aliphatic rings. The molecule has 1 heterocycles. The van der Waals surface area contributed by atoms with Crippen LogP contribution in [-0.2, 0) is 0 Å². The van der Waals surface area contributed by atoms with E-state index in [2.05, 4.69) is 4.98 Å². The highest BCUT2D eigenvalue weighted by molar-refractivity contribution is 6.04. The van der Waals surface area contributed by atoms with E-state index in [1.807, 2.05) is 36.4 Å². The zero-order chi connectivity index (χ0) is 20.3. The van der Waals surface area contributed by atoms with Gasteiger partial charge in [0.05, 0.1) is 16.8 Å². The first kappa shape index (κ1) is 17.6. The quantitative estimate of drug-likeness (QED) is 0.183. The summed E-state index contributed by atoms with van der Waals surface area (Å²) in [5.41, 5.74) is 2.68. The highest BCUT2D eigenvalue weighted by Crippen LogP contribution is 2.36. The molecule has 6 heteroatoms. The van der Waals surface area contributed by atoms with Gasteiger partial charge in [0, 0.05) is 10.9 Å². The van der Waals surface area contributed by atoms with E-state index in [0.29, 0.717) is 11.3 Å². The summed E-state index contributed by atoms with van der Waals surface area (Å²) < 4.78 is 69.0. The fraction of sp³-hybridized carbons (Fsp3) is 0. The minimum absolute atomic E-state index is 0.127. The van der Waals surface area contributed by atoms with Gasteiger partial charge in [-0.2, -0.15) is 0 Å². The summed E-state index contributed by atoms with van der Waals surface area (Å²) in [5, 5.41) is 1.01. The zero-order valence-corrected chi connectivity index (χ0v) is 14.6. The largest absolute Gasteiger partial charge is 0.248 e. The van der Waals surface area contributed by atoms with Crippen molar-refractivity contribution < 1.29 is 22.0 Å². The molecular weight excluding hydrogens is 385 g/mol. The average Bonchev–Trinajstić information content (AvgIpc) is 3.16. The van der Waals surface area contributed by atoms with Gasteiger partial charge in [0.2, 0.25) is 5.82 Å². The predicted octanol–water partition coefficient (Wildman–Crippen LogP) is 6.75. The second-order valence-electron chi connectivity index (χ2n) is 6.70. The van der Waals surface area contributed by atoms with Crippen LogP contribution in [0.4, 0.5) is 22.0 Å². The lowest BCUT2D eigenvalue weighted by atomic mass is 9.98. The number of nitrogens with zero attached hydrogens (tertiary/aromatic N) is 1. The fourth-order valence-corrected chi connectivity index (χ4v) is 3.64. The molecule has 0 saturated heterocycles. The van der Waals surface area contributed by atoms with Crippen molar-refractivity contribution in [3.05, 3.63) is 88.7 Å². The van der Waals surface area contributed by atoms with Gasteiger partial charge in [-0.05, 0) is 34.9 Å². The summed E-state index contributed by atoms with van der Waals surface area (Å²) in [6.45, 7) is 0. The number of halogens is 5. The summed E-state index contributed by atoms with van der Waals surface area (Å²) in [7, 11) is 0. The number of hydrogen-bond donors (Lipinski definition) is 0. The standard InChI is InChI=1S/C23H10F5N/c24-19-18(20(25)22(27)23(28)21(19)26)13-5-1-4-12(9-13)16-10-14-8-7-11-3-2-6-15(29-16)17(11)14/h1-10H. The van der Waals surface area contributed by atoms with Gasteiger partial charge in [-0.25, -0.2) is 26.9 Å². The summed E-state index contributed by atoms with van der Waals surface area (Å²) in [4.78, 5) is 4.60. The lowest BCUT2D eigenvalue weighted by molar-refractivity contribution is 0.381. The van der Waals surface area contributed by atoms with Gasteiger partial charge in [-0.15, -0.1) is 0 Å². The van der Waals surface area contributed by atoms with Crippen molar-refractivity contribution in [2.75, 3.05) is 0 Å². The van der Waals surface area contributed by atoms with Gasteiger partial charge in [0.15, 0.2) is 23.3 Å². The number of benzene rings is 3. The Balaban J connectivity index is 1.70. The van der Waals surface area contributed by atoms with Gasteiger partial charge in [0.1, 0.15) is 0 Å². The molecule has 0 amide bonds. The first-order valence-electron chi connectivity index (χ1n) is 8.70. The maximum Gasteiger partial charge on any atom is 0.200 e. The Kier molecular flexibility index (Phi) is 3.77. The minimum atomic E-state index is -2.18. The van der Waals surface area contributed by atoms with E-state index in [4.69, 9.17) is 0 Å². The van der Waals surface area contributed by atoms with E-state index < -0.39 is 34.6 Å². The molecule has 29 heavy (non-hydrogen) atoms. The SMILES string of the molecule is Fc1c(F)c(F)c(-c2cccc(-c3cc4c5c(cccc5n3)C=C4)c2)c(F)c1F. The highest BCUT2D eigenvalue weighted by Gasteiger charge is 2.26. The maximum absolute atomic E-state index is 14.2. The normalized spacial score (nSPS) is 12.2. The number of aromatic nitrogens is 1. The molecule has 0 atom stereocenters. The molecule has 3 aromatic carbocycles. The van der Waals surface area contributed by atoms with E-state index >= 15 is 0 Å². The molecule has 0 fully saturated rings. The van der Waals surface area contributed by atoms with Crippen molar-refractivity contribution in [2.24, 2.45) is 0 Å². The van der Waals surface area contributed by atoms with Crippen LogP contribution in [0.25, 0.3) is 45.4 Å². The van der Waals surface area contributed by atoms with Gasteiger partial charge >= 0.3 is 0 Å². The van der Waals surface area contributed by atoms with Crippen LogP contribution >= 0.6 is 0 Å². The third kappa shape index (κ3) is 2.56. The molecule has 1 aliphatic carbocycles. The molecule has 142 valence electrons. The van der Waals surface area contributed by atoms with Crippen molar-refractivity contribution in [3.63, 3.8) is 0 Å². The molecule has 0 N–H and O–H groups in total. The second kappa shape index (κ2) is 6.24. The first-order valence-corrected chi connectivity index (χ1v) is 8.70. The topological polar surface area (TPSA) is 12.9 Å². The van der Waals surface area contributed by atoms with Gasteiger partial charge in [-0.1, -0.05) is 42.5 Å². The Hall–Kier alpha value is -3.54. The van der Waals surface area contributed by atoms with Crippen molar-refractivity contribution in [1.29, 1.82) is 0 Å². The van der Waals surface area contributed by atoms with Crippen molar-refractivity contribution in [1.82, 2.24) is 4.98 Å². The predicted molar refractivity (Wildman–Crippen MR) is 101 cm³/mol. The molecule has 1 nitrogen and oxygen atoms in total. The molecule has 5 rings (SSSR count). The van der Waals surface area contributed by atoms with Crippen LogP contribution in [0.15, 0.2) is 48.5 Å². The molecule has 0 radical (unpaired) electrons. The molecule has 0 unspecified atom stereocenters. The van der Waals surface area contributed by atoms with Crippen LogP contribution in [-0.4, -0.2) is 4.98 Å². The average molecular weight is 395 g/mol. The highest BCUT2D eigenvalue weighted by atomic mass is 19.2. The van der Waals surface area contributed by atoms with Crippen LogP contribution < -0.4 is 0 Å². The van der Waals surface area contributed by atoms with Gasteiger partial charge in [-0.3, -0.25) is 0 Å². The van der Waals surface area contributed by atoms with Gasteiger partial charge in [0.25, 0.3) is 0 Å². The van der Waals surface area contributed by atoms with Crippen molar-refractivity contribution in [3.8, 4) is 22.4 Å². The van der Waals surface area contributed by atoms with Crippen LogP contribution in [0.2, 0.25) is 0 Å².